The molecule has 0 atom stereocenters. The highest BCUT2D eigenvalue weighted by Crippen LogP contribution is 2.32. The van der Waals surface area contributed by atoms with Crippen LogP contribution >= 0.6 is 0 Å². The van der Waals surface area contributed by atoms with Gasteiger partial charge in [-0.1, -0.05) is 78.0 Å². The maximum Gasteiger partial charge on any atom is 0.0734 e. The van der Waals surface area contributed by atoms with Crippen molar-refractivity contribution in [3.63, 3.8) is 0 Å². The van der Waals surface area contributed by atoms with Crippen LogP contribution in [0.3, 0.4) is 0 Å². The van der Waals surface area contributed by atoms with Crippen LogP contribution in [0.2, 0.25) is 0 Å². The summed E-state index contributed by atoms with van der Waals surface area (Å²) < 4.78 is 0. The van der Waals surface area contributed by atoms with Crippen molar-refractivity contribution in [2.24, 2.45) is 5.16 Å². The summed E-state index contributed by atoms with van der Waals surface area (Å²) in [7, 11) is 0. The standard InChI is InChI=1S/C19H15NO/c21-20-14-15-11-12-18(16-7-3-1-4-8-16)19(13-15)17-9-5-2-6-10-17/h1-14,21H/b20-14+. The maximum absolute atomic E-state index is 8.74. The minimum absolute atomic E-state index is 0.871. The van der Waals surface area contributed by atoms with Crippen molar-refractivity contribution in [1.29, 1.82) is 0 Å². The summed E-state index contributed by atoms with van der Waals surface area (Å²) >= 11 is 0. The number of oxime groups is 1. The topological polar surface area (TPSA) is 32.6 Å². The van der Waals surface area contributed by atoms with Crippen molar-refractivity contribution in [3.05, 3.63) is 84.4 Å². The van der Waals surface area contributed by atoms with Gasteiger partial charge in [-0.2, -0.15) is 0 Å². The number of nitrogens with zero attached hydrogens (tertiary/aromatic N) is 1. The van der Waals surface area contributed by atoms with Crippen LogP contribution in [-0.2, 0) is 0 Å². The van der Waals surface area contributed by atoms with E-state index in [1.165, 1.54) is 11.8 Å². The molecule has 1 N–H and O–H groups in total. The predicted molar refractivity (Wildman–Crippen MR) is 86.7 cm³/mol. The molecule has 0 fully saturated rings. The zero-order chi connectivity index (χ0) is 14.5. The molecular formula is C19H15NO. The van der Waals surface area contributed by atoms with Gasteiger partial charge in [-0.15, -0.1) is 0 Å². The molecule has 3 aromatic carbocycles. The van der Waals surface area contributed by atoms with Crippen molar-refractivity contribution in [2.45, 2.75) is 0 Å². The molecule has 21 heavy (non-hydrogen) atoms. The summed E-state index contributed by atoms with van der Waals surface area (Å²) in [5, 5.41) is 11.9. The first-order valence-corrected chi connectivity index (χ1v) is 6.81. The van der Waals surface area contributed by atoms with Gasteiger partial charge >= 0.3 is 0 Å². The van der Waals surface area contributed by atoms with Crippen LogP contribution < -0.4 is 0 Å². The van der Waals surface area contributed by atoms with Gasteiger partial charge in [0.15, 0.2) is 0 Å². The lowest BCUT2D eigenvalue weighted by molar-refractivity contribution is 0.322. The Hall–Kier alpha value is -2.87. The Morgan fingerprint density at radius 1 is 0.667 bits per heavy atom. The molecule has 0 aromatic heterocycles. The van der Waals surface area contributed by atoms with E-state index in [1.54, 1.807) is 0 Å². The summed E-state index contributed by atoms with van der Waals surface area (Å²) in [6, 6.07) is 26.6. The SMILES string of the molecule is O/N=C/c1ccc(-c2ccccc2)c(-c2ccccc2)c1. The normalized spacial score (nSPS) is 10.9. The smallest absolute Gasteiger partial charge is 0.0734 e. The van der Waals surface area contributed by atoms with Crippen molar-refractivity contribution in [1.82, 2.24) is 0 Å². The largest absolute Gasteiger partial charge is 0.411 e. The molecule has 0 radical (unpaired) electrons. The molecule has 2 heteroatoms. The summed E-state index contributed by atoms with van der Waals surface area (Å²) in [5.41, 5.74) is 5.47. The molecule has 0 spiro atoms. The second-order valence-corrected chi connectivity index (χ2v) is 4.78. The van der Waals surface area contributed by atoms with E-state index in [-0.39, 0.29) is 0 Å². The molecule has 0 heterocycles. The third kappa shape index (κ3) is 2.84. The summed E-state index contributed by atoms with van der Waals surface area (Å²) in [5.74, 6) is 0. The van der Waals surface area contributed by atoms with Gasteiger partial charge in [0.25, 0.3) is 0 Å². The number of hydrogen-bond acceptors (Lipinski definition) is 2. The van der Waals surface area contributed by atoms with E-state index < -0.39 is 0 Å². The molecule has 0 unspecified atom stereocenters. The van der Waals surface area contributed by atoms with Gasteiger partial charge in [-0.25, -0.2) is 0 Å². The lowest BCUT2D eigenvalue weighted by Crippen LogP contribution is -1.89. The highest BCUT2D eigenvalue weighted by Gasteiger charge is 2.07. The van der Waals surface area contributed by atoms with Crippen LogP contribution in [0.1, 0.15) is 5.56 Å². The Balaban J connectivity index is 2.20. The summed E-state index contributed by atoms with van der Waals surface area (Å²) in [6.07, 6.45) is 1.45. The fourth-order valence-corrected chi connectivity index (χ4v) is 2.43. The fourth-order valence-electron chi connectivity index (χ4n) is 2.43. The number of benzene rings is 3. The fraction of sp³-hybridized carbons (Fsp3) is 0. The molecule has 3 aromatic rings. The van der Waals surface area contributed by atoms with Crippen LogP contribution in [0.5, 0.6) is 0 Å². The van der Waals surface area contributed by atoms with Gasteiger partial charge in [0.2, 0.25) is 0 Å². The van der Waals surface area contributed by atoms with E-state index in [9.17, 15) is 0 Å². The molecule has 2 nitrogen and oxygen atoms in total. The van der Waals surface area contributed by atoms with Crippen LogP contribution in [0, 0.1) is 0 Å². The average Bonchev–Trinajstić information content (AvgIpc) is 2.57. The number of rotatable bonds is 3. The monoisotopic (exact) mass is 273 g/mol. The molecule has 0 amide bonds. The summed E-state index contributed by atoms with van der Waals surface area (Å²) in [6.45, 7) is 0. The van der Waals surface area contributed by atoms with Crippen LogP contribution in [0.25, 0.3) is 22.3 Å². The third-order valence-corrected chi connectivity index (χ3v) is 3.42. The molecular weight excluding hydrogens is 258 g/mol. The van der Waals surface area contributed by atoms with Crippen molar-refractivity contribution in [2.75, 3.05) is 0 Å². The average molecular weight is 273 g/mol. The zero-order valence-electron chi connectivity index (χ0n) is 11.5. The lowest BCUT2D eigenvalue weighted by atomic mass is 9.93. The van der Waals surface area contributed by atoms with Gasteiger partial charge in [0.05, 0.1) is 6.21 Å². The Bertz CT molecular complexity index is 749. The Morgan fingerprint density at radius 3 is 1.81 bits per heavy atom. The van der Waals surface area contributed by atoms with Crippen LogP contribution in [-0.4, -0.2) is 11.4 Å². The quantitative estimate of drug-likeness (QED) is 0.414. The highest BCUT2D eigenvalue weighted by molar-refractivity contribution is 5.89. The van der Waals surface area contributed by atoms with Crippen molar-refractivity contribution in [3.8, 4) is 22.3 Å². The lowest BCUT2D eigenvalue weighted by Gasteiger charge is -2.11. The molecule has 0 saturated carbocycles. The van der Waals surface area contributed by atoms with Gasteiger partial charge in [0, 0.05) is 0 Å². The van der Waals surface area contributed by atoms with Gasteiger partial charge in [0.1, 0.15) is 0 Å². The Kier molecular flexibility index (Phi) is 3.79. The van der Waals surface area contributed by atoms with E-state index in [1.807, 2.05) is 48.5 Å². The predicted octanol–water partition coefficient (Wildman–Crippen LogP) is 4.83. The van der Waals surface area contributed by atoms with E-state index >= 15 is 0 Å². The molecule has 0 aliphatic heterocycles. The number of hydrogen-bond donors (Lipinski definition) is 1. The molecule has 102 valence electrons. The van der Waals surface area contributed by atoms with Gasteiger partial charge < -0.3 is 5.21 Å². The first-order chi connectivity index (χ1) is 10.4. The van der Waals surface area contributed by atoms with Crippen LogP contribution in [0.15, 0.2) is 84.0 Å². The maximum atomic E-state index is 8.74. The van der Waals surface area contributed by atoms with Crippen molar-refractivity contribution >= 4 is 6.21 Å². The first kappa shape index (κ1) is 13.1. The van der Waals surface area contributed by atoms with Crippen LogP contribution in [0.4, 0.5) is 0 Å². The second-order valence-electron chi connectivity index (χ2n) is 4.78. The third-order valence-electron chi connectivity index (χ3n) is 3.42. The Morgan fingerprint density at radius 2 is 1.24 bits per heavy atom. The van der Waals surface area contributed by atoms with E-state index in [2.05, 4.69) is 35.5 Å². The van der Waals surface area contributed by atoms with Crippen molar-refractivity contribution < 1.29 is 5.21 Å². The molecule has 0 aliphatic carbocycles. The molecule has 0 saturated heterocycles. The molecule has 0 bridgehead atoms. The van der Waals surface area contributed by atoms with E-state index in [0.29, 0.717) is 0 Å². The van der Waals surface area contributed by atoms with E-state index in [4.69, 9.17) is 5.21 Å². The van der Waals surface area contributed by atoms with Gasteiger partial charge in [-0.05, 0) is 33.9 Å². The zero-order valence-corrected chi connectivity index (χ0v) is 11.5. The molecule has 0 aliphatic rings. The highest BCUT2D eigenvalue weighted by atomic mass is 16.4. The second kappa shape index (κ2) is 6.06. The minimum atomic E-state index is 0.871. The van der Waals surface area contributed by atoms with Gasteiger partial charge in [-0.3, -0.25) is 0 Å². The Labute approximate surface area is 124 Å². The molecule has 3 rings (SSSR count). The minimum Gasteiger partial charge on any atom is -0.411 e. The first-order valence-electron chi connectivity index (χ1n) is 6.81. The summed E-state index contributed by atoms with van der Waals surface area (Å²) in [4.78, 5) is 0. The van der Waals surface area contributed by atoms with E-state index in [0.717, 1.165) is 22.3 Å².